The molecule has 2 aromatic carbocycles. The Kier molecular flexibility index (Phi) is 6.65. The number of rotatable bonds is 7. The van der Waals surface area contributed by atoms with Crippen LogP contribution in [0.2, 0.25) is 5.02 Å². The van der Waals surface area contributed by atoms with Crippen LogP contribution in [-0.4, -0.2) is 25.4 Å². The third kappa shape index (κ3) is 5.17. The zero-order valence-electron chi connectivity index (χ0n) is 21.1. The summed E-state index contributed by atoms with van der Waals surface area (Å²) in [4.78, 5) is 26.7. The van der Waals surface area contributed by atoms with Crippen LogP contribution < -0.4 is 5.32 Å². The van der Waals surface area contributed by atoms with Crippen molar-refractivity contribution in [2.24, 2.45) is 7.05 Å². The second-order valence-electron chi connectivity index (χ2n) is 9.22. The van der Waals surface area contributed by atoms with Crippen molar-refractivity contribution in [3.05, 3.63) is 126 Å². The molecule has 192 valence electrons. The maximum absolute atomic E-state index is 13.3. The number of amides is 1. The maximum Gasteiger partial charge on any atom is 0.287 e. The van der Waals surface area contributed by atoms with Crippen LogP contribution in [0, 0.1) is 0 Å². The summed E-state index contributed by atoms with van der Waals surface area (Å²) in [5.74, 6) is 0.576. The first-order chi connectivity index (χ1) is 19.0. The Hall–Kier alpha value is -4.75. The molecule has 6 aromatic rings. The number of nitrogens with zero attached hydrogens (tertiary/aromatic N) is 4. The summed E-state index contributed by atoms with van der Waals surface area (Å²) in [6, 6.07) is 24.5. The molecule has 8 heteroatoms. The smallest absolute Gasteiger partial charge is 0.287 e. The Labute approximate surface area is 230 Å². The molecule has 0 radical (unpaired) electrons. The van der Waals surface area contributed by atoms with E-state index >= 15 is 0 Å². The number of nitrogens with one attached hydrogen (secondary N) is 1. The van der Waals surface area contributed by atoms with Gasteiger partial charge in [-0.25, -0.2) is 4.98 Å². The van der Waals surface area contributed by atoms with Crippen molar-refractivity contribution >= 4 is 28.5 Å². The van der Waals surface area contributed by atoms with E-state index in [1.165, 1.54) is 0 Å². The minimum absolute atomic E-state index is 0.207. The Morgan fingerprint density at radius 3 is 2.54 bits per heavy atom. The monoisotopic (exact) mass is 533 g/mol. The lowest BCUT2D eigenvalue weighted by Gasteiger charge is -2.18. The number of benzene rings is 2. The van der Waals surface area contributed by atoms with Crippen molar-refractivity contribution in [2.75, 3.05) is 0 Å². The summed E-state index contributed by atoms with van der Waals surface area (Å²) in [7, 11) is 1.95. The number of fused-ring (bicyclic) bond motifs is 1. The van der Waals surface area contributed by atoms with E-state index in [0.717, 1.165) is 33.5 Å². The molecule has 1 amide bonds. The number of imidazole rings is 1. The van der Waals surface area contributed by atoms with Crippen LogP contribution in [0.15, 0.2) is 108 Å². The first-order valence-corrected chi connectivity index (χ1v) is 12.9. The molecule has 1 unspecified atom stereocenters. The molecule has 0 spiro atoms. The molecular formula is C31H24ClN5O2. The molecule has 1 atom stereocenters. The molecule has 0 aliphatic carbocycles. The number of furan rings is 1. The summed E-state index contributed by atoms with van der Waals surface area (Å²) < 4.78 is 7.81. The van der Waals surface area contributed by atoms with Crippen LogP contribution in [0.1, 0.15) is 28.1 Å². The molecular weight excluding hydrogens is 510 g/mol. The Morgan fingerprint density at radius 2 is 1.77 bits per heavy atom. The van der Waals surface area contributed by atoms with Gasteiger partial charge in [0, 0.05) is 48.2 Å². The number of aromatic nitrogens is 4. The molecule has 39 heavy (non-hydrogen) atoms. The lowest BCUT2D eigenvalue weighted by molar-refractivity contribution is 0.0908. The van der Waals surface area contributed by atoms with Gasteiger partial charge in [0.1, 0.15) is 11.4 Å². The van der Waals surface area contributed by atoms with E-state index in [1.807, 2.05) is 54.3 Å². The highest BCUT2D eigenvalue weighted by Crippen LogP contribution is 2.28. The number of carbonyl (C=O) groups is 1. The predicted octanol–water partition coefficient (Wildman–Crippen LogP) is 6.66. The summed E-state index contributed by atoms with van der Waals surface area (Å²) in [5.41, 5.74) is 5.52. The Bertz CT molecular complexity index is 1750. The molecule has 0 aliphatic heterocycles. The first-order valence-electron chi connectivity index (χ1n) is 12.5. The molecule has 0 fully saturated rings. The topological polar surface area (TPSA) is 85.8 Å². The first kappa shape index (κ1) is 24.6. The van der Waals surface area contributed by atoms with E-state index in [2.05, 4.69) is 39.6 Å². The number of halogens is 1. The van der Waals surface area contributed by atoms with Crippen molar-refractivity contribution in [2.45, 2.75) is 12.5 Å². The minimum atomic E-state index is -0.447. The van der Waals surface area contributed by atoms with Crippen LogP contribution in [0.5, 0.6) is 0 Å². The molecule has 0 saturated heterocycles. The van der Waals surface area contributed by atoms with E-state index in [-0.39, 0.29) is 11.7 Å². The third-order valence-corrected chi connectivity index (χ3v) is 6.89. The SMILES string of the molecule is Cn1c(-c2ccc(-c3cccnc3)cc2)cnc1C(Cc1ccccn1)NC(=O)c1cc2cc(Cl)ccc2o1. The van der Waals surface area contributed by atoms with Crippen molar-refractivity contribution in [1.82, 2.24) is 24.8 Å². The number of hydrogen-bond acceptors (Lipinski definition) is 5. The molecule has 0 bridgehead atoms. The molecule has 0 saturated carbocycles. The summed E-state index contributed by atoms with van der Waals surface area (Å²) in [5, 5.41) is 4.46. The number of hydrogen-bond donors (Lipinski definition) is 1. The minimum Gasteiger partial charge on any atom is -0.451 e. The molecule has 4 aromatic heterocycles. The fourth-order valence-corrected chi connectivity index (χ4v) is 4.85. The van der Waals surface area contributed by atoms with Gasteiger partial charge in [-0.15, -0.1) is 0 Å². The Morgan fingerprint density at radius 1 is 0.923 bits per heavy atom. The van der Waals surface area contributed by atoms with Crippen molar-refractivity contribution in [3.63, 3.8) is 0 Å². The van der Waals surface area contributed by atoms with Crippen molar-refractivity contribution < 1.29 is 9.21 Å². The van der Waals surface area contributed by atoms with Gasteiger partial charge >= 0.3 is 0 Å². The van der Waals surface area contributed by atoms with Gasteiger partial charge in [-0.1, -0.05) is 48.0 Å². The van der Waals surface area contributed by atoms with Crippen LogP contribution in [-0.2, 0) is 13.5 Å². The standard InChI is InChI=1S/C31H24ClN5O2/c1-37-27(21-9-7-20(8-10-21)22-5-4-13-33-18-22)19-35-30(37)26(17-25-6-2-3-14-34-25)36-31(38)29-16-23-15-24(32)11-12-28(23)39-29/h2-16,18-19,26H,17H2,1H3,(H,36,38). The molecule has 1 N–H and O–H groups in total. The Balaban J connectivity index is 1.30. The quantitative estimate of drug-likeness (QED) is 0.248. The van der Waals surface area contributed by atoms with Crippen molar-refractivity contribution in [1.29, 1.82) is 0 Å². The highest BCUT2D eigenvalue weighted by molar-refractivity contribution is 6.31. The summed E-state index contributed by atoms with van der Waals surface area (Å²) >= 11 is 6.11. The second-order valence-corrected chi connectivity index (χ2v) is 9.66. The van der Waals surface area contributed by atoms with E-state index < -0.39 is 6.04 Å². The van der Waals surface area contributed by atoms with Gasteiger partial charge in [-0.05, 0) is 59.2 Å². The van der Waals surface area contributed by atoms with Crippen LogP contribution in [0.3, 0.4) is 0 Å². The second kappa shape index (κ2) is 10.6. The highest BCUT2D eigenvalue weighted by Gasteiger charge is 2.24. The van der Waals surface area contributed by atoms with Gasteiger partial charge in [0.15, 0.2) is 5.76 Å². The van der Waals surface area contributed by atoms with Gasteiger partial charge in [0.05, 0.1) is 17.9 Å². The largest absolute Gasteiger partial charge is 0.451 e. The van der Waals surface area contributed by atoms with E-state index in [9.17, 15) is 4.79 Å². The maximum atomic E-state index is 13.3. The van der Waals surface area contributed by atoms with Gasteiger partial charge < -0.3 is 14.3 Å². The average molecular weight is 534 g/mol. The molecule has 0 aliphatic rings. The zero-order chi connectivity index (χ0) is 26.8. The normalized spacial score (nSPS) is 11.9. The summed E-state index contributed by atoms with van der Waals surface area (Å²) in [6.45, 7) is 0. The van der Waals surface area contributed by atoms with Gasteiger partial charge in [0.25, 0.3) is 5.91 Å². The van der Waals surface area contributed by atoms with Crippen LogP contribution in [0.4, 0.5) is 0 Å². The number of pyridine rings is 2. The third-order valence-electron chi connectivity index (χ3n) is 6.66. The lowest BCUT2D eigenvalue weighted by atomic mass is 10.0. The van der Waals surface area contributed by atoms with Crippen molar-refractivity contribution in [3.8, 4) is 22.4 Å². The van der Waals surface area contributed by atoms with Gasteiger partial charge in [0.2, 0.25) is 0 Å². The van der Waals surface area contributed by atoms with E-state index in [4.69, 9.17) is 21.0 Å². The van der Waals surface area contributed by atoms with Gasteiger partial charge in [-0.3, -0.25) is 14.8 Å². The van der Waals surface area contributed by atoms with E-state index in [0.29, 0.717) is 22.9 Å². The molecule has 4 heterocycles. The number of carbonyl (C=O) groups excluding carboxylic acids is 1. The van der Waals surface area contributed by atoms with Crippen LogP contribution in [0.25, 0.3) is 33.4 Å². The highest BCUT2D eigenvalue weighted by atomic mass is 35.5. The zero-order valence-corrected chi connectivity index (χ0v) is 21.8. The molecule has 6 rings (SSSR count). The van der Waals surface area contributed by atoms with Gasteiger partial charge in [-0.2, -0.15) is 0 Å². The van der Waals surface area contributed by atoms with E-state index in [1.54, 1.807) is 36.7 Å². The fourth-order valence-electron chi connectivity index (χ4n) is 4.67. The molecule has 7 nitrogen and oxygen atoms in total. The lowest BCUT2D eigenvalue weighted by Crippen LogP contribution is -2.31. The average Bonchev–Trinajstić information content (AvgIpc) is 3.57. The fraction of sp³-hybridized carbons (Fsp3) is 0.0968. The predicted molar refractivity (Wildman–Crippen MR) is 151 cm³/mol. The summed E-state index contributed by atoms with van der Waals surface area (Å²) in [6.07, 6.45) is 7.64. The van der Waals surface area contributed by atoms with Crippen LogP contribution >= 0.6 is 11.6 Å².